The summed E-state index contributed by atoms with van der Waals surface area (Å²) in [7, 11) is 3.33. The van der Waals surface area contributed by atoms with Crippen LogP contribution in [-0.4, -0.2) is 80.4 Å². The molecule has 0 aliphatic heterocycles. The van der Waals surface area contributed by atoms with Crippen molar-refractivity contribution in [1.29, 1.82) is 0 Å². The molecule has 0 fully saturated rings. The number of anilines is 2. The van der Waals surface area contributed by atoms with Gasteiger partial charge in [-0.1, -0.05) is 11.2 Å². The van der Waals surface area contributed by atoms with Crippen LogP contribution < -0.4 is 25.2 Å². The van der Waals surface area contributed by atoms with Crippen molar-refractivity contribution in [2.45, 2.75) is 27.3 Å². The predicted molar refractivity (Wildman–Crippen MR) is 166 cm³/mol. The molecule has 1 aromatic carbocycles. The molecule has 44 heavy (non-hydrogen) atoms. The number of benzene rings is 1. The minimum atomic E-state index is -0.238. The average Bonchev–Trinajstić information content (AvgIpc) is 3.35. The first-order valence-corrected chi connectivity index (χ1v) is 14.1. The maximum atomic E-state index is 12.8. The first kappa shape index (κ1) is 31.9. The van der Waals surface area contributed by atoms with Gasteiger partial charge in [0.05, 0.1) is 73.5 Å². The molecule has 3 amide bonds. The fourth-order valence-electron chi connectivity index (χ4n) is 4.86. The van der Waals surface area contributed by atoms with Gasteiger partial charge >= 0.3 is 0 Å². The molecule has 232 valence electrons. The van der Waals surface area contributed by atoms with E-state index in [1.54, 1.807) is 36.4 Å². The number of hydrogen-bond acceptors (Lipinski definition) is 10. The Kier molecular flexibility index (Phi) is 10.8. The Balaban J connectivity index is 1.66. The van der Waals surface area contributed by atoms with Crippen molar-refractivity contribution < 1.29 is 28.4 Å². The molecule has 0 spiro atoms. The zero-order chi connectivity index (χ0) is 31.6. The van der Waals surface area contributed by atoms with Crippen LogP contribution >= 0.6 is 0 Å². The van der Waals surface area contributed by atoms with Crippen molar-refractivity contribution >= 4 is 40.5 Å². The lowest BCUT2D eigenvalue weighted by Crippen LogP contribution is -2.37. The molecule has 0 radical (unpaired) electrons. The maximum absolute atomic E-state index is 12.8. The number of rotatable bonds is 15. The van der Waals surface area contributed by atoms with Crippen LogP contribution in [0.1, 0.15) is 24.1 Å². The monoisotopic (exact) mass is 603 g/mol. The van der Waals surface area contributed by atoms with E-state index in [9.17, 15) is 14.4 Å². The number of nitrogens with one attached hydrogen (secondary N) is 2. The number of aromatic nitrogens is 3. The molecule has 3 aromatic heterocycles. The highest BCUT2D eigenvalue weighted by molar-refractivity contribution is 6.05. The van der Waals surface area contributed by atoms with Crippen LogP contribution in [0.25, 0.3) is 22.0 Å². The Labute approximate surface area is 255 Å². The van der Waals surface area contributed by atoms with Crippen molar-refractivity contribution in [3.8, 4) is 16.9 Å². The Bertz CT molecular complexity index is 1590. The fraction of sp³-hybridized carbons (Fsp3) is 0.355. The van der Waals surface area contributed by atoms with Gasteiger partial charge in [0.1, 0.15) is 11.5 Å². The summed E-state index contributed by atoms with van der Waals surface area (Å²) in [6.45, 7) is 6.67. The van der Waals surface area contributed by atoms with E-state index in [2.05, 4.69) is 20.8 Å². The van der Waals surface area contributed by atoms with E-state index < -0.39 is 0 Å². The number of aryl methyl sites for hydroxylation is 2. The average molecular weight is 604 g/mol. The Morgan fingerprint density at radius 1 is 1.09 bits per heavy atom. The number of hydrogen-bond donors (Lipinski definition) is 2. The van der Waals surface area contributed by atoms with Gasteiger partial charge in [0.15, 0.2) is 0 Å². The zero-order valence-electron chi connectivity index (χ0n) is 25.5. The van der Waals surface area contributed by atoms with Crippen LogP contribution in [-0.2, 0) is 25.7 Å². The fourth-order valence-corrected chi connectivity index (χ4v) is 4.86. The summed E-state index contributed by atoms with van der Waals surface area (Å²) in [5.74, 6) is 0.831. The molecule has 0 aliphatic carbocycles. The van der Waals surface area contributed by atoms with Gasteiger partial charge in [-0.2, -0.15) is 0 Å². The van der Waals surface area contributed by atoms with Gasteiger partial charge in [-0.05, 0) is 38.1 Å². The van der Waals surface area contributed by atoms with Gasteiger partial charge in [-0.15, -0.1) is 0 Å². The second-order valence-electron chi connectivity index (χ2n) is 10.1. The smallest absolute Gasteiger partial charge is 0.239 e. The molecule has 13 heteroatoms. The number of nitrogens with zero attached hydrogens (tertiary/aromatic N) is 5. The lowest BCUT2D eigenvalue weighted by atomic mass is 9.99. The lowest BCUT2D eigenvalue weighted by molar-refractivity contribution is -0.120. The third-order valence-electron chi connectivity index (χ3n) is 6.90. The lowest BCUT2D eigenvalue weighted by Gasteiger charge is -2.28. The van der Waals surface area contributed by atoms with Crippen LogP contribution in [0.3, 0.4) is 0 Å². The highest BCUT2D eigenvalue weighted by Crippen LogP contribution is 2.42. The summed E-state index contributed by atoms with van der Waals surface area (Å²) in [6, 6.07) is 9.23. The number of pyridine rings is 2. The minimum absolute atomic E-state index is 0.00331. The second-order valence-corrected chi connectivity index (χ2v) is 10.1. The van der Waals surface area contributed by atoms with Gasteiger partial charge in [-0.3, -0.25) is 24.4 Å². The molecular formula is C31H37N7O6. The van der Waals surface area contributed by atoms with Gasteiger partial charge in [0.2, 0.25) is 18.2 Å². The van der Waals surface area contributed by atoms with E-state index in [1.807, 2.05) is 44.2 Å². The second kappa shape index (κ2) is 14.9. The van der Waals surface area contributed by atoms with Crippen molar-refractivity contribution in [1.82, 2.24) is 25.8 Å². The largest absolute Gasteiger partial charge is 0.496 e. The minimum Gasteiger partial charge on any atom is -0.496 e. The molecule has 0 bridgehead atoms. The Morgan fingerprint density at radius 2 is 1.86 bits per heavy atom. The Morgan fingerprint density at radius 3 is 2.50 bits per heavy atom. The van der Waals surface area contributed by atoms with E-state index >= 15 is 0 Å². The first-order chi connectivity index (χ1) is 21.2. The van der Waals surface area contributed by atoms with Gasteiger partial charge in [-0.25, -0.2) is 0 Å². The molecule has 2 N–H and O–H groups in total. The Hall–Kier alpha value is -5.04. The number of amides is 3. The number of carbonyl (C=O) groups is 3. The molecule has 13 nitrogen and oxygen atoms in total. The topological polar surface area (TPSA) is 152 Å². The normalized spacial score (nSPS) is 10.8. The predicted octanol–water partition coefficient (Wildman–Crippen LogP) is 2.78. The number of carbonyl (C=O) groups excluding carboxylic acids is 3. The summed E-state index contributed by atoms with van der Waals surface area (Å²) >= 11 is 0. The van der Waals surface area contributed by atoms with Gasteiger partial charge in [0, 0.05) is 44.2 Å². The highest BCUT2D eigenvalue weighted by atomic mass is 16.5. The zero-order valence-corrected chi connectivity index (χ0v) is 25.5. The van der Waals surface area contributed by atoms with E-state index in [1.165, 1.54) is 6.92 Å². The molecular weight excluding hydrogens is 566 g/mol. The van der Waals surface area contributed by atoms with Crippen molar-refractivity contribution in [3.05, 3.63) is 59.9 Å². The molecule has 4 aromatic rings. The summed E-state index contributed by atoms with van der Waals surface area (Å²) in [5, 5.41) is 10.2. The van der Waals surface area contributed by atoms with E-state index in [-0.39, 0.29) is 24.9 Å². The molecule has 0 saturated heterocycles. The molecule has 4 rings (SSSR count). The number of ether oxygens (including phenoxy) is 2. The summed E-state index contributed by atoms with van der Waals surface area (Å²) in [6.07, 6.45) is 4.06. The number of fused-ring (bicyclic) bond motifs is 1. The molecule has 0 saturated carbocycles. The van der Waals surface area contributed by atoms with E-state index in [4.69, 9.17) is 19.0 Å². The molecule has 0 aliphatic rings. The van der Waals surface area contributed by atoms with Gasteiger partial charge < -0.3 is 34.4 Å². The van der Waals surface area contributed by atoms with Crippen molar-refractivity contribution in [3.63, 3.8) is 0 Å². The highest BCUT2D eigenvalue weighted by Gasteiger charge is 2.24. The summed E-state index contributed by atoms with van der Waals surface area (Å²) in [4.78, 5) is 48.8. The maximum Gasteiger partial charge on any atom is 0.239 e. The van der Waals surface area contributed by atoms with E-state index in [0.717, 1.165) is 17.5 Å². The van der Waals surface area contributed by atoms with Crippen molar-refractivity contribution in [2.24, 2.45) is 0 Å². The summed E-state index contributed by atoms with van der Waals surface area (Å²) in [5.41, 5.74) is 4.70. The standard InChI is InChI=1S/C31H37N7O6/c1-20-30(21(2)44-36-20)25-14-26-24(15-28(25)42-5)31(38(19-39)17-23-8-6-7-9-33-23)27(16-35-26)37(4)18-29(41)34-11-13-43-12-10-32-22(3)40/h6-9,14-16,19H,10-13,17-18H2,1-5H3,(H,32,40)(H,34,41). The van der Waals surface area contributed by atoms with Crippen LogP contribution in [0.15, 0.2) is 47.2 Å². The number of methoxy groups -OCH3 is 1. The SMILES string of the molecule is COc1cc2c(N(C=O)Cc3ccccn3)c(N(C)CC(=O)NCCOCCNC(C)=O)cnc2cc1-c1c(C)noc1C. The van der Waals surface area contributed by atoms with Gasteiger partial charge in [0.25, 0.3) is 0 Å². The quantitative estimate of drug-likeness (QED) is 0.153. The van der Waals surface area contributed by atoms with Crippen LogP contribution in [0.4, 0.5) is 11.4 Å². The van der Waals surface area contributed by atoms with Crippen LogP contribution in [0, 0.1) is 13.8 Å². The van der Waals surface area contributed by atoms with Crippen LogP contribution in [0.5, 0.6) is 5.75 Å². The summed E-state index contributed by atoms with van der Waals surface area (Å²) < 4.78 is 16.6. The third kappa shape index (κ3) is 7.67. The van der Waals surface area contributed by atoms with E-state index in [0.29, 0.717) is 71.5 Å². The molecule has 0 atom stereocenters. The van der Waals surface area contributed by atoms with Crippen LogP contribution in [0.2, 0.25) is 0 Å². The van der Waals surface area contributed by atoms with Crippen molar-refractivity contribution in [2.75, 3.05) is 56.8 Å². The molecule has 0 unspecified atom stereocenters. The third-order valence-corrected chi connectivity index (χ3v) is 6.90. The first-order valence-electron chi connectivity index (χ1n) is 14.1. The molecule has 3 heterocycles. The number of likely N-dealkylation sites (N-methyl/N-ethyl adjacent to an activating group) is 1.